The lowest BCUT2D eigenvalue weighted by atomic mass is 10.2. The highest BCUT2D eigenvalue weighted by Crippen LogP contribution is 2.32. The fourth-order valence-electron chi connectivity index (χ4n) is 1.85. The Balaban J connectivity index is 1.93. The Kier molecular flexibility index (Phi) is 3.00. The number of nitrogens with zero attached hydrogens (tertiary/aromatic N) is 3. The number of rotatable bonds is 3. The molecule has 3 rings (SSSR count). The molecule has 3 aromatic rings. The van der Waals surface area contributed by atoms with Crippen LogP contribution in [-0.4, -0.2) is 21.2 Å². The highest BCUT2D eigenvalue weighted by Gasteiger charge is 2.10. The van der Waals surface area contributed by atoms with Gasteiger partial charge in [-0.1, -0.05) is 0 Å². The number of aromatic nitrogens is 3. The zero-order valence-electron chi connectivity index (χ0n) is 10.6. The van der Waals surface area contributed by atoms with Gasteiger partial charge in [0, 0.05) is 11.1 Å². The van der Waals surface area contributed by atoms with Crippen molar-refractivity contribution in [3.63, 3.8) is 0 Å². The molecule has 0 aliphatic carbocycles. The first-order chi connectivity index (χ1) is 9.25. The molecule has 3 heterocycles. The Morgan fingerprint density at radius 1 is 1.37 bits per heavy atom. The van der Waals surface area contributed by atoms with Crippen molar-refractivity contribution in [1.29, 1.82) is 0 Å². The molecule has 0 bridgehead atoms. The maximum absolute atomic E-state index is 4.29. The molecule has 0 saturated heterocycles. The first-order valence-electron chi connectivity index (χ1n) is 5.89. The predicted octanol–water partition coefficient (Wildman–Crippen LogP) is 3.08. The molecule has 0 aromatic carbocycles. The number of hydrogen-bond donors (Lipinski definition) is 2. The van der Waals surface area contributed by atoms with Gasteiger partial charge in [0.25, 0.3) is 0 Å². The van der Waals surface area contributed by atoms with Crippen molar-refractivity contribution in [2.75, 3.05) is 5.43 Å². The van der Waals surface area contributed by atoms with Crippen LogP contribution in [0.4, 0.5) is 5.82 Å². The molecule has 0 unspecified atom stereocenters. The van der Waals surface area contributed by atoms with Gasteiger partial charge < -0.3 is 4.98 Å². The second kappa shape index (κ2) is 4.81. The van der Waals surface area contributed by atoms with Crippen LogP contribution in [0, 0.1) is 13.8 Å². The molecule has 0 radical (unpaired) electrons. The average molecular weight is 271 g/mol. The van der Waals surface area contributed by atoms with Gasteiger partial charge in [0.2, 0.25) is 0 Å². The van der Waals surface area contributed by atoms with Gasteiger partial charge in [-0.3, -0.25) is 5.43 Å². The second-order valence-corrected chi connectivity index (χ2v) is 5.38. The molecule has 0 fully saturated rings. The van der Waals surface area contributed by atoms with E-state index in [1.165, 1.54) is 10.4 Å². The van der Waals surface area contributed by atoms with Gasteiger partial charge in [-0.15, -0.1) is 11.3 Å². The molecule has 0 spiro atoms. The van der Waals surface area contributed by atoms with E-state index in [1.54, 1.807) is 23.9 Å². The lowest BCUT2D eigenvalue weighted by Crippen LogP contribution is -1.95. The topological polar surface area (TPSA) is 66.0 Å². The van der Waals surface area contributed by atoms with Gasteiger partial charge in [0.15, 0.2) is 5.82 Å². The predicted molar refractivity (Wildman–Crippen MR) is 78.9 cm³/mol. The van der Waals surface area contributed by atoms with Crippen LogP contribution in [0.15, 0.2) is 29.8 Å². The summed E-state index contributed by atoms with van der Waals surface area (Å²) in [5.74, 6) is 0.745. The van der Waals surface area contributed by atoms with Crippen molar-refractivity contribution in [3.8, 4) is 0 Å². The summed E-state index contributed by atoms with van der Waals surface area (Å²) in [5, 5.41) is 5.24. The molecule has 2 N–H and O–H groups in total. The average Bonchev–Trinajstić information content (AvgIpc) is 3.00. The molecule has 5 nitrogen and oxygen atoms in total. The van der Waals surface area contributed by atoms with E-state index in [0.29, 0.717) is 0 Å². The van der Waals surface area contributed by atoms with E-state index in [-0.39, 0.29) is 0 Å². The van der Waals surface area contributed by atoms with Crippen molar-refractivity contribution in [3.05, 3.63) is 40.8 Å². The summed E-state index contributed by atoms with van der Waals surface area (Å²) in [4.78, 5) is 13.9. The minimum Gasteiger partial charge on any atom is -0.360 e. The summed E-state index contributed by atoms with van der Waals surface area (Å²) in [7, 11) is 0. The van der Waals surface area contributed by atoms with Crippen LogP contribution in [0.1, 0.15) is 16.1 Å². The summed E-state index contributed by atoms with van der Waals surface area (Å²) < 4.78 is 0. The number of aryl methyl sites for hydroxylation is 2. The Morgan fingerprint density at radius 3 is 3.05 bits per heavy atom. The largest absolute Gasteiger partial charge is 0.360 e. The normalized spacial score (nSPS) is 11.5. The Bertz CT molecular complexity index is 727. The van der Waals surface area contributed by atoms with Crippen LogP contribution in [0.5, 0.6) is 0 Å². The van der Waals surface area contributed by atoms with Crippen LogP contribution in [0.2, 0.25) is 0 Å². The molecular weight excluding hydrogens is 258 g/mol. The maximum Gasteiger partial charge on any atom is 0.158 e. The smallest absolute Gasteiger partial charge is 0.158 e. The SMILES string of the molecule is Cc1sc2ncnc(N/N=C/c3ccc[nH]3)c2c1C. The highest BCUT2D eigenvalue weighted by molar-refractivity contribution is 7.18. The van der Waals surface area contributed by atoms with Gasteiger partial charge in [-0.25, -0.2) is 9.97 Å². The van der Waals surface area contributed by atoms with Gasteiger partial charge in [0.05, 0.1) is 17.3 Å². The lowest BCUT2D eigenvalue weighted by Gasteiger charge is -2.01. The number of hydrogen-bond acceptors (Lipinski definition) is 5. The zero-order chi connectivity index (χ0) is 13.2. The van der Waals surface area contributed by atoms with Gasteiger partial charge in [-0.05, 0) is 31.5 Å². The molecule has 6 heteroatoms. The van der Waals surface area contributed by atoms with E-state index >= 15 is 0 Å². The van der Waals surface area contributed by atoms with E-state index in [2.05, 4.69) is 39.3 Å². The van der Waals surface area contributed by atoms with Crippen LogP contribution < -0.4 is 5.43 Å². The molecule has 3 aromatic heterocycles. The minimum absolute atomic E-state index is 0.745. The Morgan fingerprint density at radius 2 is 2.26 bits per heavy atom. The molecule has 0 amide bonds. The Labute approximate surface area is 114 Å². The van der Waals surface area contributed by atoms with Crippen LogP contribution in [0.3, 0.4) is 0 Å². The fraction of sp³-hybridized carbons (Fsp3) is 0.154. The third-order valence-electron chi connectivity index (χ3n) is 2.96. The van der Waals surface area contributed by atoms with Crippen LogP contribution in [-0.2, 0) is 0 Å². The number of fused-ring (bicyclic) bond motifs is 1. The number of nitrogens with one attached hydrogen (secondary N) is 2. The maximum atomic E-state index is 4.29. The first kappa shape index (κ1) is 11.9. The fourth-order valence-corrected chi connectivity index (χ4v) is 2.85. The lowest BCUT2D eigenvalue weighted by molar-refractivity contribution is 1.18. The molecular formula is C13H13N5S. The van der Waals surface area contributed by atoms with E-state index in [9.17, 15) is 0 Å². The van der Waals surface area contributed by atoms with Gasteiger partial charge in [-0.2, -0.15) is 5.10 Å². The van der Waals surface area contributed by atoms with Gasteiger partial charge in [0.1, 0.15) is 11.2 Å². The second-order valence-electron chi connectivity index (χ2n) is 4.18. The molecule has 0 atom stereocenters. The van der Waals surface area contributed by atoms with E-state index in [0.717, 1.165) is 21.7 Å². The van der Waals surface area contributed by atoms with Crippen LogP contribution in [0.25, 0.3) is 10.2 Å². The number of aromatic amines is 1. The molecule has 96 valence electrons. The van der Waals surface area contributed by atoms with Crippen molar-refractivity contribution in [1.82, 2.24) is 15.0 Å². The van der Waals surface area contributed by atoms with Crippen molar-refractivity contribution >= 4 is 33.6 Å². The van der Waals surface area contributed by atoms with E-state index < -0.39 is 0 Å². The van der Waals surface area contributed by atoms with E-state index in [1.807, 2.05) is 18.3 Å². The molecule has 0 aliphatic rings. The molecule has 0 aliphatic heterocycles. The summed E-state index contributed by atoms with van der Waals surface area (Å²) >= 11 is 1.67. The third kappa shape index (κ3) is 2.22. The first-order valence-corrected chi connectivity index (χ1v) is 6.70. The summed E-state index contributed by atoms with van der Waals surface area (Å²) in [6.07, 6.45) is 5.14. The van der Waals surface area contributed by atoms with E-state index in [4.69, 9.17) is 0 Å². The molecule has 0 saturated carbocycles. The van der Waals surface area contributed by atoms with Crippen molar-refractivity contribution in [2.45, 2.75) is 13.8 Å². The minimum atomic E-state index is 0.745. The number of H-pyrrole nitrogens is 1. The van der Waals surface area contributed by atoms with Gasteiger partial charge >= 0.3 is 0 Å². The quantitative estimate of drug-likeness (QED) is 0.568. The van der Waals surface area contributed by atoms with Crippen molar-refractivity contribution in [2.24, 2.45) is 5.10 Å². The zero-order valence-corrected chi connectivity index (χ0v) is 11.5. The number of thiophene rings is 1. The summed E-state index contributed by atoms with van der Waals surface area (Å²) in [6.45, 7) is 4.17. The highest BCUT2D eigenvalue weighted by atomic mass is 32.1. The summed E-state index contributed by atoms with van der Waals surface area (Å²) in [5.41, 5.74) is 5.13. The third-order valence-corrected chi connectivity index (χ3v) is 4.08. The standard InChI is InChI=1S/C13H13N5S/c1-8-9(2)19-13-11(8)12(15-7-16-13)18-17-6-10-4-3-5-14-10/h3-7,14H,1-2H3,(H,15,16,18)/b17-6+. The summed E-state index contributed by atoms with van der Waals surface area (Å²) in [6, 6.07) is 3.87. The monoisotopic (exact) mass is 271 g/mol. The Hall–Kier alpha value is -2.21. The van der Waals surface area contributed by atoms with Crippen molar-refractivity contribution < 1.29 is 0 Å². The number of anilines is 1. The van der Waals surface area contributed by atoms with Crippen LogP contribution >= 0.6 is 11.3 Å². The molecule has 19 heavy (non-hydrogen) atoms. The number of hydrazone groups is 1.